The molecule has 4 rings (SSSR count). The molecule has 0 amide bonds. The largest absolute Gasteiger partial charge is 0.432 e. The molecule has 2 unspecified atom stereocenters. The third kappa shape index (κ3) is 3.76. The van der Waals surface area contributed by atoms with Crippen LogP contribution in [0.25, 0.3) is 0 Å². The summed E-state index contributed by atoms with van der Waals surface area (Å²) in [5.41, 5.74) is -1.35. The standard InChI is InChI=1S/C22H19F7O/c1-10-2-11-4-13(5-12(11)3-10)14-6-16(23)20(17(24)7-14)22(28,29)30-15-8-18(25)21(27)19(26)9-15/h6-13H,2-5H2,1H3. The first kappa shape index (κ1) is 21.0. The lowest BCUT2D eigenvalue weighted by Crippen LogP contribution is -2.25. The van der Waals surface area contributed by atoms with Crippen LogP contribution >= 0.6 is 0 Å². The highest BCUT2D eigenvalue weighted by atomic mass is 19.3. The minimum atomic E-state index is -4.56. The fraction of sp³-hybridized carbons (Fsp3) is 0.455. The maximum Gasteiger partial charge on any atom is 0.432 e. The Hall–Kier alpha value is -2.25. The van der Waals surface area contributed by atoms with Gasteiger partial charge >= 0.3 is 6.11 Å². The van der Waals surface area contributed by atoms with Crippen molar-refractivity contribution in [3.63, 3.8) is 0 Å². The number of alkyl halides is 2. The Kier molecular flexibility index (Phi) is 5.22. The summed E-state index contributed by atoms with van der Waals surface area (Å²) in [6.45, 7) is 2.17. The number of fused-ring (bicyclic) bond motifs is 1. The van der Waals surface area contributed by atoms with Crippen molar-refractivity contribution in [3.05, 3.63) is 64.5 Å². The monoisotopic (exact) mass is 432 g/mol. The minimum absolute atomic E-state index is 0.111. The van der Waals surface area contributed by atoms with E-state index in [9.17, 15) is 30.7 Å². The number of hydrogen-bond donors (Lipinski definition) is 0. The van der Waals surface area contributed by atoms with E-state index < -0.39 is 46.5 Å². The molecule has 0 aliphatic heterocycles. The second kappa shape index (κ2) is 7.46. The maximum atomic E-state index is 14.5. The van der Waals surface area contributed by atoms with E-state index >= 15 is 0 Å². The molecule has 2 saturated carbocycles. The van der Waals surface area contributed by atoms with Gasteiger partial charge in [0.15, 0.2) is 17.5 Å². The highest BCUT2D eigenvalue weighted by molar-refractivity contribution is 5.33. The predicted molar refractivity (Wildman–Crippen MR) is 94.5 cm³/mol. The van der Waals surface area contributed by atoms with Gasteiger partial charge in [-0.05, 0) is 67.1 Å². The van der Waals surface area contributed by atoms with Crippen LogP contribution in [0.4, 0.5) is 30.7 Å². The van der Waals surface area contributed by atoms with E-state index in [1.54, 1.807) is 0 Å². The molecule has 0 saturated heterocycles. The van der Waals surface area contributed by atoms with Crippen molar-refractivity contribution in [1.29, 1.82) is 0 Å². The normalized spacial score (nSPS) is 26.1. The predicted octanol–water partition coefficient (Wildman–Crippen LogP) is 7.05. The molecule has 30 heavy (non-hydrogen) atoms. The lowest BCUT2D eigenvalue weighted by molar-refractivity contribution is -0.189. The lowest BCUT2D eigenvalue weighted by Gasteiger charge is -2.21. The van der Waals surface area contributed by atoms with Crippen molar-refractivity contribution in [2.75, 3.05) is 0 Å². The van der Waals surface area contributed by atoms with E-state index in [4.69, 9.17) is 0 Å². The Labute approximate surface area is 168 Å². The van der Waals surface area contributed by atoms with E-state index in [2.05, 4.69) is 11.7 Å². The average Bonchev–Trinajstić information content (AvgIpc) is 3.15. The van der Waals surface area contributed by atoms with E-state index in [1.165, 1.54) is 0 Å². The lowest BCUT2D eigenvalue weighted by atomic mass is 9.92. The van der Waals surface area contributed by atoms with E-state index in [0.29, 0.717) is 23.3 Å². The first-order valence-corrected chi connectivity index (χ1v) is 9.76. The van der Waals surface area contributed by atoms with Gasteiger partial charge in [-0.3, -0.25) is 0 Å². The zero-order valence-electron chi connectivity index (χ0n) is 16.0. The first-order valence-electron chi connectivity index (χ1n) is 9.76. The van der Waals surface area contributed by atoms with Crippen molar-refractivity contribution in [1.82, 2.24) is 0 Å². The van der Waals surface area contributed by atoms with Crippen LogP contribution in [-0.4, -0.2) is 0 Å². The van der Waals surface area contributed by atoms with Crippen LogP contribution < -0.4 is 4.74 Å². The molecule has 1 nitrogen and oxygen atoms in total. The first-order chi connectivity index (χ1) is 14.0. The molecule has 0 aromatic heterocycles. The van der Waals surface area contributed by atoms with Crippen molar-refractivity contribution in [3.8, 4) is 5.75 Å². The van der Waals surface area contributed by atoms with Gasteiger partial charge in [-0.15, -0.1) is 0 Å². The SMILES string of the molecule is CC1CC2CC(c3cc(F)c(C(F)(F)Oc4cc(F)c(F)c(F)c4)c(F)c3)CC2C1. The van der Waals surface area contributed by atoms with Crippen molar-refractivity contribution < 1.29 is 35.5 Å². The summed E-state index contributed by atoms with van der Waals surface area (Å²) >= 11 is 0. The third-order valence-corrected chi connectivity index (χ3v) is 6.28. The highest BCUT2D eigenvalue weighted by Gasteiger charge is 2.44. The molecular weight excluding hydrogens is 413 g/mol. The Morgan fingerprint density at radius 1 is 0.767 bits per heavy atom. The van der Waals surface area contributed by atoms with Crippen LogP contribution in [0.1, 0.15) is 49.7 Å². The van der Waals surface area contributed by atoms with Crippen LogP contribution in [0.2, 0.25) is 0 Å². The molecule has 0 radical (unpaired) electrons. The summed E-state index contributed by atoms with van der Waals surface area (Å²) in [4.78, 5) is 0. The van der Waals surface area contributed by atoms with Gasteiger partial charge in [0.05, 0.1) is 0 Å². The van der Waals surface area contributed by atoms with E-state index in [1.807, 2.05) is 0 Å². The maximum absolute atomic E-state index is 14.5. The van der Waals surface area contributed by atoms with Crippen molar-refractivity contribution >= 4 is 0 Å². The number of benzene rings is 2. The van der Waals surface area contributed by atoms with Gasteiger partial charge in [-0.2, -0.15) is 8.78 Å². The molecule has 2 aliphatic carbocycles. The quantitative estimate of drug-likeness (QED) is 0.372. The fourth-order valence-electron chi connectivity index (χ4n) is 5.09. The van der Waals surface area contributed by atoms with Gasteiger partial charge in [-0.25, -0.2) is 22.0 Å². The number of hydrogen-bond acceptors (Lipinski definition) is 1. The molecule has 8 heteroatoms. The zero-order valence-corrected chi connectivity index (χ0v) is 16.0. The topological polar surface area (TPSA) is 9.23 Å². The average molecular weight is 432 g/mol. The Morgan fingerprint density at radius 3 is 1.77 bits per heavy atom. The van der Waals surface area contributed by atoms with Crippen LogP contribution in [0.3, 0.4) is 0 Å². The van der Waals surface area contributed by atoms with Gasteiger partial charge in [0.25, 0.3) is 0 Å². The number of rotatable bonds is 4. The minimum Gasteiger partial charge on any atom is -0.429 e. The summed E-state index contributed by atoms with van der Waals surface area (Å²) in [5.74, 6) is -8.06. The molecule has 162 valence electrons. The van der Waals surface area contributed by atoms with Gasteiger partial charge in [0.2, 0.25) is 0 Å². The Bertz CT molecular complexity index is 914. The number of ether oxygens (including phenoxy) is 1. The van der Waals surface area contributed by atoms with Crippen LogP contribution in [0.15, 0.2) is 24.3 Å². The summed E-state index contributed by atoms with van der Waals surface area (Å²) in [5, 5.41) is 0. The third-order valence-electron chi connectivity index (χ3n) is 6.28. The zero-order chi connectivity index (χ0) is 21.8. The van der Waals surface area contributed by atoms with Gasteiger partial charge < -0.3 is 4.74 Å². The molecule has 0 bridgehead atoms. The van der Waals surface area contributed by atoms with Crippen molar-refractivity contribution in [2.45, 2.75) is 44.6 Å². The Balaban J connectivity index is 1.58. The van der Waals surface area contributed by atoms with Crippen LogP contribution in [0, 0.1) is 46.8 Å². The van der Waals surface area contributed by atoms with E-state index in [0.717, 1.165) is 37.8 Å². The van der Waals surface area contributed by atoms with E-state index in [-0.39, 0.29) is 18.1 Å². The number of halogens is 7. The molecule has 2 aromatic carbocycles. The van der Waals surface area contributed by atoms with Gasteiger partial charge in [-0.1, -0.05) is 6.92 Å². The second-order valence-corrected chi connectivity index (χ2v) is 8.44. The van der Waals surface area contributed by atoms with Crippen LogP contribution in [0.5, 0.6) is 5.75 Å². The molecule has 2 fully saturated rings. The molecule has 2 aliphatic rings. The Morgan fingerprint density at radius 2 is 1.27 bits per heavy atom. The molecule has 0 heterocycles. The molecule has 2 atom stereocenters. The fourth-order valence-corrected chi connectivity index (χ4v) is 5.09. The summed E-state index contributed by atoms with van der Waals surface area (Å²) in [6.07, 6.45) is -0.935. The molecule has 2 aromatic rings. The summed E-state index contributed by atoms with van der Waals surface area (Å²) in [6, 6.07) is 2.09. The second-order valence-electron chi connectivity index (χ2n) is 8.44. The highest BCUT2D eigenvalue weighted by Crippen LogP contribution is 2.52. The molecule has 0 spiro atoms. The summed E-state index contributed by atoms with van der Waals surface area (Å²) < 4.78 is 102. The van der Waals surface area contributed by atoms with Crippen molar-refractivity contribution in [2.24, 2.45) is 17.8 Å². The summed E-state index contributed by atoms with van der Waals surface area (Å²) in [7, 11) is 0. The van der Waals surface area contributed by atoms with Crippen LogP contribution in [-0.2, 0) is 6.11 Å². The smallest absolute Gasteiger partial charge is 0.429 e. The molecular formula is C22H19F7O. The van der Waals surface area contributed by atoms with Gasteiger partial charge in [0.1, 0.15) is 22.9 Å². The van der Waals surface area contributed by atoms with Gasteiger partial charge in [0, 0.05) is 12.1 Å². The molecule has 0 N–H and O–H groups in total.